The number of amides is 2. The molecule has 2 aliphatic heterocycles. The molecule has 0 spiro atoms. The van der Waals surface area contributed by atoms with Gasteiger partial charge in [0.15, 0.2) is 6.61 Å². The van der Waals surface area contributed by atoms with Gasteiger partial charge >= 0.3 is 0 Å². The van der Waals surface area contributed by atoms with Crippen LogP contribution in [0.1, 0.15) is 53.0 Å². The zero-order valence-electron chi connectivity index (χ0n) is 25.3. The molecule has 2 aromatic heterocycles. The van der Waals surface area contributed by atoms with Gasteiger partial charge in [0.05, 0.1) is 11.8 Å². The standard InChI is InChI=1S/C33H40N8O4/c42-28(20-40-14-10-23-5-1-2-6-25(23)19-40)18-35-32(43)29-17-30(37-22-36-29)38-26-11-15-41(16-12-26)33(44)31(24-8-9-24)39-45-21-27-7-3-4-13-34-27/h1-7,13,17,22,24,26,28,42H,8-12,14-16,18-21H2,(H,35,43)(H,36,37,38)/b39-31-/t28-/m0/s1. The van der Waals surface area contributed by atoms with Gasteiger partial charge in [-0.2, -0.15) is 0 Å². The third kappa shape index (κ3) is 8.40. The first-order valence-electron chi connectivity index (χ1n) is 15.7. The van der Waals surface area contributed by atoms with Gasteiger partial charge in [-0.05, 0) is 55.4 Å². The minimum atomic E-state index is -0.690. The normalized spacial score (nSPS) is 18.2. The van der Waals surface area contributed by atoms with E-state index in [9.17, 15) is 14.7 Å². The maximum atomic E-state index is 13.3. The van der Waals surface area contributed by atoms with Crippen LogP contribution in [0.5, 0.6) is 0 Å². The number of hydrogen-bond donors (Lipinski definition) is 3. The van der Waals surface area contributed by atoms with Crippen molar-refractivity contribution in [2.45, 2.75) is 57.4 Å². The van der Waals surface area contributed by atoms with Crippen molar-refractivity contribution in [1.29, 1.82) is 0 Å². The molecule has 45 heavy (non-hydrogen) atoms. The molecule has 3 aromatic rings. The predicted octanol–water partition coefficient (Wildman–Crippen LogP) is 2.41. The maximum absolute atomic E-state index is 13.3. The number of oxime groups is 1. The number of piperidine rings is 1. The Labute approximate surface area is 262 Å². The number of nitrogens with zero attached hydrogens (tertiary/aromatic N) is 6. The van der Waals surface area contributed by atoms with Crippen LogP contribution in [0, 0.1) is 5.92 Å². The van der Waals surface area contributed by atoms with Crippen LogP contribution in [0.4, 0.5) is 5.82 Å². The van der Waals surface area contributed by atoms with Gasteiger partial charge in [-0.1, -0.05) is 35.5 Å². The summed E-state index contributed by atoms with van der Waals surface area (Å²) in [5, 5.41) is 21.0. The third-order valence-electron chi connectivity index (χ3n) is 8.50. The number of aliphatic hydroxyl groups excluding tert-OH is 1. The van der Waals surface area contributed by atoms with Crippen LogP contribution in [0.25, 0.3) is 0 Å². The number of carbonyl (C=O) groups is 2. The maximum Gasteiger partial charge on any atom is 0.271 e. The monoisotopic (exact) mass is 612 g/mol. The van der Waals surface area contributed by atoms with E-state index in [-0.39, 0.29) is 42.6 Å². The number of aromatic nitrogens is 3. The van der Waals surface area contributed by atoms with Gasteiger partial charge in [0.2, 0.25) is 0 Å². The lowest BCUT2D eigenvalue weighted by Gasteiger charge is -2.32. The molecule has 1 atom stereocenters. The average Bonchev–Trinajstić information content (AvgIpc) is 3.92. The van der Waals surface area contributed by atoms with E-state index in [4.69, 9.17) is 4.84 Å². The van der Waals surface area contributed by atoms with Gasteiger partial charge in [0, 0.05) is 63.5 Å². The van der Waals surface area contributed by atoms with E-state index in [1.54, 1.807) is 12.3 Å². The quantitative estimate of drug-likeness (QED) is 0.207. The Hall–Kier alpha value is -4.42. The van der Waals surface area contributed by atoms with Gasteiger partial charge in [-0.25, -0.2) is 9.97 Å². The molecule has 0 bridgehead atoms. The lowest BCUT2D eigenvalue weighted by Crippen LogP contribution is -2.45. The molecule has 236 valence electrons. The van der Waals surface area contributed by atoms with Crippen LogP contribution in [0.2, 0.25) is 0 Å². The molecular weight excluding hydrogens is 572 g/mol. The summed E-state index contributed by atoms with van der Waals surface area (Å²) >= 11 is 0. The summed E-state index contributed by atoms with van der Waals surface area (Å²) in [5.41, 5.74) is 4.14. The van der Waals surface area contributed by atoms with Crippen LogP contribution in [-0.4, -0.2) is 92.3 Å². The van der Waals surface area contributed by atoms with Crippen molar-refractivity contribution in [3.05, 3.63) is 83.6 Å². The summed E-state index contributed by atoms with van der Waals surface area (Å²) in [6, 6.07) is 15.7. The summed E-state index contributed by atoms with van der Waals surface area (Å²) < 4.78 is 0. The SMILES string of the molecule is O=C(NC[C@H](O)CN1CCc2ccccc2C1)c1cc(NC2CCN(C(=O)/C(=N\OCc3ccccn3)C3CC3)CC2)ncn1. The molecule has 1 saturated carbocycles. The van der Waals surface area contributed by atoms with Crippen molar-refractivity contribution in [1.82, 2.24) is 30.1 Å². The van der Waals surface area contributed by atoms with Crippen LogP contribution >= 0.6 is 0 Å². The third-order valence-corrected chi connectivity index (χ3v) is 8.50. The highest BCUT2D eigenvalue weighted by Gasteiger charge is 2.36. The minimum Gasteiger partial charge on any atom is -0.390 e. The van der Waals surface area contributed by atoms with E-state index in [1.807, 2.05) is 29.2 Å². The van der Waals surface area contributed by atoms with E-state index in [0.717, 1.165) is 50.9 Å². The Morgan fingerprint density at radius 2 is 1.80 bits per heavy atom. The van der Waals surface area contributed by atoms with Gasteiger partial charge in [-0.3, -0.25) is 19.5 Å². The number of aliphatic hydroxyl groups is 1. The zero-order valence-corrected chi connectivity index (χ0v) is 25.3. The first-order chi connectivity index (χ1) is 22.0. The van der Waals surface area contributed by atoms with Crippen molar-refractivity contribution in [3.63, 3.8) is 0 Å². The van der Waals surface area contributed by atoms with E-state index >= 15 is 0 Å². The first kappa shape index (κ1) is 30.6. The second-order valence-electron chi connectivity index (χ2n) is 12.0. The number of fused-ring (bicyclic) bond motifs is 1. The zero-order chi connectivity index (χ0) is 31.0. The highest BCUT2D eigenvalue weighted by atomic mass is 16.6. The number of hydrogen-bond acceptors (Lipinski definition) is 10. The number of anilines is 1. The van der Waals surface area contributed by atoms with Gasteiger partial charge in [-0.15, -0.1) is 0 Å². The Balaban J connectivity index is 0.940. The molecule has 2 fully saturated rings. The van der Waals surface area contributed by atoms with Crippen LogP contribution < -0.4 is 10.6 Å². The van der Waals surface area contributed by atoms with Gasteiger partial charge in [0.25, 0.3) is 11.8 Å². The van der Waals surface area contributed by atoms with Crippen molar-refractivity contribution in [3.8, 4) is 0 Å². The molecule has 0 unspecified atom stereocenters. The number of rotatable bonds is 12. The van der Waals surface area contributed by atoms with Crippen molar-refractivity contribution < 1.29 is 19.5 Å². The van der Waals surface area contributed by atoms with Crippen LogP contribution in [-0.2, 0) is 29.2 Å². The molecule has 12 nitrogen and oxygen atoms in total. The summed E-state index contributed by atoms with van der Waals surface area (Å²) in [6.07, 6.45) is 6.70. The van der Waals surface area contributed by atoms with E-state index < -0.39 is 6.10 Å². The number of pyridine rings is 1. The van der Waals surface area contributed by atoms with E-state index in [1.165, 1.54) is 17.5 Å². The average molecular weight is 613 g/mol. The Morgan fingerprint density at radius 3 is 2.58 bits per heavy atom. The topological polar surface area (TPSA) is 145 Å². The highest BCUT2D eigenvalue weighted by molar-refractivity contribution is 6.40. The predicted molar refractivity (Wildman–Crippen MR) is 168 cm³/mol. The Morgan fingerprint density at radius 1 is 1.00 bits per heavy atom. The van der Waals surface area contributed by atoms with Crippen LogP contribution in [0.3, 0.4) is 0 Å². The molecule has 6 rings (SSSR count). The number of β-amino-alcohol motifs (C(OH)–C–C–N with tert-alkyl or cyclic N) is 1. The molecule has 3 aliphatic rings. The molecule has 12 heteroatoms. The molecule has 3 N–H and O–H groups in total. The molecular formula is C33H40N8O4. The number of benzene rings is 1. The fourth-order valence-electron chi connectivity index (χ4n) is 5.83. The fraction of sp³-hybridized carbons (Fsp3) is 0.455. The Kier molecular flexibility index (Phi) is 9.91. The molecule has 0 radical (unpaired) electrons. The van der Waals surface area contributed by atoms with E-state index in [2.05, 4.69) is 53.8 Å². The number of nitrogens with one attached hydrogen (secondary N) is 2. The number of likely N-dealkylation sites (tertiary alicyclic amines) is 1. The minimum absolute atomic E-state index is 0.0646. The molecule has 1 saturated heterocycles. The second kappa shape index (κ2) is 14.6. The molecule has 1 aromatic carbocycles. The lowest BCUT2D eigenvalue weighted by molar-refractivity contribution is -0.125. The molecule has 4 heterocycles. The van der Waals surface area contributed by atoms with Gasteiger partial charge < -0.3 is 25.5 Å². The summed E-state index contributed by atoms with van der Waals surface area (Å²) in [7, 11) is 0. The number of carbonyl (C=O) groups excluding carboxylic acids is 2. The molecule has 1 aliphatic carbocycles. The smallest absolute Gasteiger partial charge is 0.271 e. The molecule has 2 amide bonds. The van der Waals surface area contributed by atoms with Crippen molar-refractivity contribution in [2.24, 2.45) is 11.1 Å². The summed E-state index contributed by atoms with van der Waals surface area (Å²) in [6.45, 7) is 3.69. The van der Waals surface area contributed by atoms with Crippen molar-refractivity contribution >= 4 is 23.3 Å². The Bertz CT molecular complexity index is 1490. The van der Waals surface area contributed by atoms with E-state index in [0.29, 0.717) is 31.2 Å². The lowest BCUT2D eigenvalue weighted by atomic mass is 10.00. The first-order valence-corrected chi connectivity index (χ1v) is 15.7. The summed E-state index contributed by atoms with van der Waals surface area (Å²) in [5.74, 6) is 0.285. The van der Waals surface area contributed by atoms with Crippen molar-refractivity contribution in [2.75, 3.05) is 38.0 Å². The fourth-order valence-corrected chi connectivity index (χ4v) is 5.83. The van der Waals surface area contributed by atoms with Gasteiger partial charge in [0.1, 0.15) is 23.6 Å². The summed E-state index contributed by atoms with van der Waals surface area (Å²) in [4.78, 5) is 48.3. The highest BCUT2D eigenvalue weighted by Crippen LogP contribution is 2.32. The van der Waals surface area contributed by atoms with Crippen LogP contribution in [0.15, 0.2) is 66.2 Å². The second-order valence-corrected chi connectivity index (χ2v) is 12.0. The largest absolute Gasteiger partial charge is 0.390 e.